The van der Waals surface area contributed by atoms with Crippen LogP contribution < -0.4 is 16.4 Å². The first-order valence-corrected chi connectivity index (χ1v) is 8.97. The molecule has 0 bridgehead atoms. The molecular weight excluding hydrogens is 316 g/mol. The van der Waals surface area contributed by atoms with Crippen molar-refractivity contribution < 1.29 is 9.59 Å². The van der Waals surface area contributed by atoms with Crippen molar-refractivity contribution in [3.8, 4) is 0 Å². The highest BCUT2D eigenvalue weighted by atomic mass is 16.2. The topological polar surface area (TPSA) is 87.5 Å². The quantitative estimate of drug-likeness (QED) is 0.707. The number of rotatable bonds is 7. The van der Waals surface area contributed by atoms with Gasteiger partial charge in [-0.05, 0) is 63.2 Å². The third-order valence-corrected chi connectivity index (χ3v) is 4.80. The molecule has 1 aromatic carbocycles. The maximum atomic E-state index is 12.4. The van der Waals surface area contributed by atoms with E-state index in [1.54, 1.807) is 24.3 Å². The molecule has 0 aliphatic heterocycles. The van der Waals surface area contributed by atoms with Crippen LogP contribution in [0, 0.1) is 5.41 Å². The number of hydrogen-bond donors (Lipinski definition) is 3. The van der Waals surface area contributed by atoms with Gasteiger partial charge < -0.3 is 21.3 Å². The van der Waals surface area contributed by atoms with E-state index in [0.29, 0.717) is 19.5 Å². The standard InChI is InChI=1S/C19H30N4O2/c1-23(2)13-18(25)22-16-8-6-15(7-9-16)21-17(24)12-19(14-20)10-4-3-5-11-19/h6-9H,3-5,10-14,20H2,1-2H3,(H,21,24)(H,22,25). The van der Waals surface area contributed by atoms with Gasteiger partial charge in [-0.2, -0.15) is 0 Å². The Kier molecular flexibility index (Phi) is 6.96. The van der Waals surface area contributed by atoms with Crippen LogP contribution in [0.2, 0.25) is 0 Å². The molecule has 6 nitrogen and oxygen atoms in total. The lowest BCUT2D eigenvalue weighted by molar-refractivity contribution is -0.119. The van der Waals surface area contributed by atoms with Crippen LogP contribution in [0.1, 0.15) is 38.5 Å². The van der Waals surface area contributed by atoms with Gasteiger partial charge in [-0.25, -0.2) is 0 Å². The lowest BCUT2D eigenvalue weighted by Gasteiger charge is -2.35. The van der Waals surface area contributed by atoms with Crippen LogP contribution in [0.25, 0.3) is 0 Å². The van der Waals surface area contributed by atoms with Crippen LogP contribution >= 0.6 is 0 Å². The van der Waals surface area contributed by atoms with Crippen LogP contribution in [0.4, 0.5) is 11.4 Å². The molecule has 0 unspecified atom stereocenters. The second-order valence-corrected chi connectivity index (χ2v) is 7.35. The van der Waals surface area contributed by atoms with E-state index in [2.05, 4.69) is 10.6 Å². The zero-order valence-corrected chi connectivity index (χ0v) is 15.3. The summed E-state index contributed by atoms with van der Waals surface area (Å²) < 4.78 is 0. The van der Waals surface area contributed by atoms with Crippen LogP contribution in [0.5, 0.6) is 0 Å². The molecule has 1 fully saturated rings. The lowest BCUT2D eigenvalue weighted by atomic mass is 9.71. The third kappa shape index (κ3) is 6.14. The molecule has 2 amide bonds. The van der Waals surface area contributed by atoms with Crippen LogP contribution in [0.3, 0.4) is 0 Å². The molecule has 2 rings (SSSR count). The van der Waals surface area contributed by atoms with Gasteiger partial charge in [0.25, 0.3) is 0 Å². The summed E-state index contributed by atoms with van der Waals surface area (Å²) in [5.41, 5.74) is 7.37. The van der Waals surface area contributed by atoms with Crippen LogP contribution in [0.15, 0.2) is 24.3 Å². The minimum Gasteiger partial charge on any atom is -0.330 e. The largest absolute Gasteiger partial charge is 0.330 e. The molecule has 1 aromatic rings. The summed E-state index contributed by atoms with van der Waals surface area (Å²) in [7, 11) is 3.69. The number of amides is 2. The third-order valence-electron chi connectivity index (χ3n) is 4.80. The number of benzene rings is 1. The van der Waals surface area contributed by atoms with Crippen molar-refractivity contribution in [2.75, 3.05) is 37.8 Å². The monoisotopic (exact) mass is 346 g/mol. The Balaban J connectivity index is 1.87. The smallest absolute Gasteiger partial charge is 0.238 e. The molecule has 138 valence electrons. The molecule has 0 radical (unpaired) electrons. The zero-order valence-electron chi connectivity index (χ0n) is 15.3. The fourth-order valence-electron chi connectivity index (χ4n) is 3.43. The zero-order chi connectivity index (χ0) is 18.3. The minimum atomic E-state index is -0.0658. The van der Waals surface area contributed by atoms with Gasteiger partial charge in [-0.15, -0.1) is 0 Å². The van der Waals surface area contributed by atoms with E-state index in [1.807, 2.05) is 19.0 Å². The second kappa shape index (κ2) is 8.97. The maximum absolute atomic E-state index is 12.4. The van der Waals surface area contributed by atoms with Crippen molar-refractivity contribution in [2.45, 2.75) is 38.5 Å². The normalized spacial score (nSPS) is 16.5. The van der Waals surface area contributed by atoms with E-state index in [4.69, 9.17) is 5.73 Å². The van der Waals surface area contributed by atoms with Gasteiger partial charge in [0, 0.05) is 17.8 Å². The molecule has 0 heterocycles. The number of likely N-dealkylation sites (N-methyl/N-ethyl adjacent to an activating group) is 1. The van der Waals surface area contributed by atoms with Gasteiger partial charge >= 0.3 is 0 Å². The summed E-state index contributed by atoms with van der Waals surface area (Å²) in [6.45, 7) is 0.900. The molecule has 0 saturated heterocycles. The average Bonchev–Trinajstić information content (AvgIpc) is 2.56. The molecule has 0 atom stereocenters. The molecule has 1 saturated carbocycles. The number of anilines is 2. The SMILES string of the molecule is CN(C)CC(=O)Nc1ccc(NC(=O)CC2(CN)CCCCC2)cc1. The first-order chi connectivity index (χ1) is 11.9. The Labute approximate surface area is 150 Å². The van der Waals surface area contributed by atoms with Crippen molar-refractivity contribution in [2.24, 2.45) is 11.1 Å². The van der Waals surface area contributed by atoms with Crippen molar-refractivity contribution in [1.29, 1.82) is 0 Å². The summed E-state index contributed by atoms with van der Waals surface area (Å²) in [4.78, 5) is 25.9. The van der Waals surface area contributed by atoms with E-state index in [-0.39, 0.29) is 17.2 Å². The highest BCUT2D eigenvalue weighted by Crippen LogP contribution is 2.38. The Morgan fingerprint density at radius 2 is 1.52 bits per heavy atom. The molecule has 0 aromatic heterocycles. The van der Waals surface area contributed by atoms with Gasteiger partial charge in [-0.1, -0.05) is 19.3 Å². The highest BCUT2D eigenvalue weighted by molar-refractivity contribution is 5.93. The first kappa shape index (κ1) is 19.4. The van der Waals surface area contributed by atoms with E-state index in [1.165, 1.54) is 6.42 Å². The van der Waals surface area contributed by atoms with Crippen molar-refractivity contribution in [3.05, 3.63) is 24.3 Å². The lowest BCUT2D eigenvalue weighted by Crippen LogP contribution is -2.36. The predicted octanol–water partition coefficient (Wildman–Crippen LogP) is 2.42. The summed E-state index contributed by atoms with van der Waals surface area (Å²) in [5.74, 6) is -0.0549. The van der Waals surface area contributed by atoms with Crippen molar-refractivity contribution >= 4 is 23.2 Å². The van der Waals surface area contributed by atoms with Crippen molar-refractivity contribution in [1.82, 2.24) is 4.90 Å². The Bertz CT molecular complexity index is 578. The van der Waals surface area contributed by atoms with Gasteiger partial charge in [-0.3, -0.25) is 9.59 Å². The number of nitrogens with zero attached hydrogens (tertiary/aromatic N) is 1. The number of nitrogens with two attached hydrogens (primary N) is 1. The number of carbonyl (C=O) groups is 2. The van der Waals surface area contributed by atoms with Gasteiger partial charge in [0.1, 0.15) is 0 Å². The molecule has 0 spiro atoms. The Morgan fingerprint density at radius 3 is 2.00 bits per heavy atom. The highest BCUT2D eigenvalue weighted by Gasteiger charge is 2.32. The first-order valence-electron chi connectivity index (χ1n) is 8.97. The fraction of sp³-hybridized carbons (Fsp3) is 0.579. The molecule has 25 heavy (non-hydrogen) atoms. The number of hydrogen-bond acceptors (Lipinski definition) is 4. The Hall–Kier alpha value is -1.92. The summed E-state index contributed by atoms with van der Waals surface area (Å²) in [6, 6.07) is 7.20. The summed E-state index contributed by atoms with van der Waals surface area (Å²) in [5, 5.41) is 5.77. The number of nitrogens with one attached hydrogen (secondary N) is 2. The average molecular weight is 346 g/mol. The molecule has 1 aliphatic rings. The second-order valence-electron chi connectivity index (χ2n) is 7.35. The molecule has 1 aliphatic carbocycles. The predicted molar refractivity (Wildman–Crippen MR) is 101 cm³/mol. The maximum Gasteiger partial charge on any atom is 0.238 e. The summed E-state index contributed by atoms with van der Waals surface area (Å²) >= 11 is 0. The molecular formula is C19H30N4O2. The molecule has 4 N–H and O–H groups in total. The summed E-state index contributed by atoms with van der Waals surface area (Å²) in [6.07, 6.45) is 6.11. The van der Waals surface area contributed by atoms with E-state index >= 15 is 0 Å². The van der Waals surface area contributed by atoms with E-state index in [9.17, 15) is 9.59 Å². The minimum absolute atomic E-state index is 0.0109. The number of carbonyl (C=O) groups excluding carboxylic acids is 2. The van der Waals surface area contributed by atoms with E-state index < -0.39 is 0 Å². The van der Waals surface area contributed by atoms with Gasteiger partial charge in [0.15, 0.2) is 0 Å². The molecule has 6 heteroatoms. The van der Waals surface area contributed by atoms with Crippen LogP contribution in [-0.2, 0) is 9.59 Å². The van der Waals surface area contributed by atoms with Crippen LogP contribution in [-0.4, -0.2) is 43.9 Å². The van der Waals surface area contributed by atoms with Gasteiger partial charge in [0.05, 0.1) is 6.54 Å². The van der Waals surface area contributed by atoms with E-state index in [0.717, 1.165) is 37.1 Å². The Morgan fingerprint density at radius 1 is 1.00 bits per heavy atom. The fourth-order valence-corrected chi connectivity index (χ4v) is 3.43. The van der Waals surface area contributed by atoms with Crippen molar-refractivity contribution in [3.63, 3.8) is 0 Å². The van der Waals surface area contributed by atoms with Gasteiger partial charge in [0.2, 0.25) is 11.8 Å².